The van der Waals surface area contributed by atoms with Crippen molar-refractivity contribution in [3.63, 3.8) is 0 Å². The van der Waals surface area contributed by atoms with Gasteiger partial charge in [-0.15, -0.1) is 0 Å². The van der Waals surface area contributed by atoms with Crippen molar-refractivity contribution in [2.75, 3.05) is 13.7 Å². The predicted molar refractivity (Wildman–Crippen MR) is 44.3 cm³/mol. The number of hydrogen-bond acceptors (Lipinski definition) is 3. The van der Waals surface area contributed by atoms with Gasteiger partial charge in [-0.05, 0) is 6.42 Å². The Hall–Kier alpha value is -0.410. The lowest BCUT2D eigenvalue weighted by atomic mass is 9.85. The summed E-state index contributed by atoms with van der Waals surface area (Å²) in [7, 11) is 1.63. The van der Waals surface area contributed by atoms with E-state index in [1.165, 1.54) is 0 Å². The zero-order valence-corrected chi connectivity index (χ0v) is 7.46. The maximum Gasteiger partial charge on any atom is 0.127 e. The average molecular weight is 159 g/mol. The molecule has 0 aliphatic carbocycles. The van der Waals surface area contributed by atoms with Crippen molar-refractivity contribution in [3.05, 3.63) is 0 Å². The lowest BCUT2D eigenvalue weighted by Gasteiger charge is -2.24. The van der Waals surface area contributed by atoms with E-state index in [1.807, 2.05) is 13.8 Å². The molecule has 0 aliphatic heterocycles. The molecule has 0 saturated heterocycles. The van der Waals surface area contributed by atoms with Crippen LogP contribution in [0.3, 0.4) is 0 Å². The van der Waals surface area contributed by atoms with E-state index in [-0.39, 0.29) is 6.04 Å². The van der Waals surface area contributed by atoms with Gasteiger partial charge in [-0.2, -0.15) is 0 Å². The van der Waals surface area contributed by atoms with Crippen LogP contribution in [0.1, 0.15) is 20.3 Å². The maximum atomic E-state index is 10.5. The molecule has 3 nitrogen and oxygen atoms in total. The number of nitrogens with two attached hydrogens (primary N) is 1. The molecule has 0 saturated carbocycles. The van der Waals surface area contributed by atoms with Gasteiger partial charge in [-0.3, -0.25) is 0 Å². The standard InChI is InChI=1S/C8H17NO2/c1-8(2,6-10)7(9)4-5-11-3/h6-7H,4-5,9H2,1-3H3. The van der Waals surface area contributed by atoms with Crippen LogP contribution in [0.15, 0.2) is 0 Å². The number of methoxy groups -OCH3 is 1. The Labute approximate surface area is 67.9 Å². The zero-order valence-electron chi connectivity index (χ0n) is 7.46. The highest BCUT2D eigenvalue weighted by Gasteiger charge is 2.24. The highest BCUT2D eigenvalue weighted by molar-refractivity contribution is 5.59. The quantitative estimate of drug-likeness (QED) is 0.597. The van der Waals surface area contributed by atoms with E-state index in [1.54, 1.807) is 7.11 Å². The van der Waals surface area contributed by atoms with Gasteiger partial charge < -0.3 is 15.3 Å². The zero-order chi connectivity index (χ0) is 8.91. The summed E-state index contributed by atoms with van der Waals surface area (Å²) in [6, 6.07) is -0.111. The first-order valence-electron chi connectivity index (χ1n) is 3.75. The summed E-state index contributed by atoms with van der Waals surface area (Å²) in [4.78, 5) is 10.5. The SMILES string of the molecule is COCCC(N)C(C)(C)C=O. The first-order valence-corrected chi connectivity index (χ1v) is 3.75. The molecule has 66 valence electrons. The molecule has 0 fully saturated rings. The predicted octanol–water partition coefficient (Wildman–Crippen LogP) is 0.575. The Kier molecular flexibility index (Phi) is 4.30. The number of hydrogen-bond donors (Lipinski definition) is 1. The summed E-state index contributed by atoms with van der Waals surface area (Å²) < 4.78 is 4.86. The third-order valence-electron chi connectivity index (χ3n) is 1.89. The summed E-state index contributed by atoms with van der Waals surface area (Å²) in [6.45, 7) is 4.28. The van der Waals surface area contributed by atoms with Gasteiger partial charge in [0, 0.05) is 25.2 Å². The minimum atomic E-state index is -0.432. The van der Waals surface area contributed by atoms with Crippen molar-refractivity contribution < 1.29 is 9.53 Å². The average Bonchev–Trinajstić information content (AvgIpc) is 2.00. The fourth-order valence-corrected chi connectivity index (χ4v) is 0.704. The first-order chi connectivity index (χ1) is 5.04. The molecule has 0 radical (unpaired) electrons. The summed E-state index contributed by atoms with van der Waals surface area (Å²) in [6.07, 6.45) is 1.62. The topological polar surface area (TPSA) is 52.3 Å². The third-order valence-corrected chi connectivity index (χ3v) is 1.89. The van der Waals surface area contributed by atoms with Crippen molar-refractivity contribution in [2.45, 2.75) is 26.3 Å². The first kappa shape index (κ1) is 10.6. The van der Waals surface area contributed by atoms with Crippen LogP contribution >= 0.6 is 0 Å². The second-order valence-corrected chi connectivity index (χ2v) is 3.33. The van der Waals surface area contributed by atoms with Crippen LogP contribution in [-0.2, 0) is 9.53 Å². The van der Waals surface area contributed by atoms with Crippen molar-refractivity contribution in [1.29, 1.82) is 0 Å². The van der Waals surface area contributed by atoms with Crippen LogP contribution in [0.5, 0.6) is 0 Å². The molecule has 0 rings (SSSR count). The molecule has 0 aromatic heterocycles. The van der Waals surface area contributed by atoms with E-state index in [9.17, 15) is 4.79 Å². The summed E-state index contributed by atoms with van der Waals surface area (Å²) >= 11 is 0. The number of ether oxygens (including phenoxy) is 1. The smallest absolute Gasteiger partial charge is 0.127 e. The Morgan fingerprint density at radius 1 is 1.64 bits per heavy atom. The minimum Gasteiger partial charge on any atom is -0.385 e. The van der Waals surface area contributed by atoms with Gasteiger partial charge in [0.25, 0.3) is 0 Å². The van der Waals surface area contributed by atoms with Gasteiger partial charge in [-0.1, -0.05) is 13.8 Å². The summed E-state index contributed by atoms with van der Waals surface area (Å²) in [5.41, 5.74) is 5.30. The van der Waals surface area contributed by atoms with Gasteiger partial charge in [0.15, 0.2) is 0 Å². The van der Waals surface area contributed by atoms with E-state index in [4.69, 9.17) is 10.5 Å². The minimum absolute atomic E-state index is 0.111. The Morgan fingerprint density at radius 2 is 2.18 bits per heavy atom. The highest BCUT2D eigenvalue weighted by Crippen LogP contribution is 2.17. The third kappa shape index (κ3) is 3.49. The van der Waals surface area contributed by atoms with Crippen LogP contribution in [0, 0.1) is 5.41 Å². The number of rotatable bonds is 5. The molecule has 1 atom stereocenters. The van der Waals surface area contributed by atoms with Gasteiger partial charge in [0.1, 0.15) is 6.29 Å². The number of aldehydes is 1. The molecule has 1 unspecified atom stereocenters. The summed E-state index contributed by atoms with van der Waals surface area (Å²) in [5, 5.41) is 0. The molecule has 0 bridgehead atoms. The number of carbonyl (C=O) groups is 1. The van der Waals surface area contributed by atoms with Crippen LogP contribution in [0.25, 0.3) is 0 Å². The molecule has 3 heteroatoms. The van der Waals surface area contributed by atoms with Crippen LogP contribution in [0.4, 0.5) is 0 Å². The van der Waals surface area contributed by atoms with Gasteiger partial charge >= 0.3 is 0 Å². The van der Waals surface area contributed by atoms with E-state index in [0.29, 0.717) is 6.61 Å². The van der Waals surface area contributed by atoms with Gasteiger partial charge in [0.2, 0.25) is 0 Å². The molecule has 0 aromatic rings. The van der Waals surface area contributed by atoms with E-state index in [0.717, 1.165) is 12.7 Å². The van der Waals surface area contributed by atoms with Crippen LogP contribution in [-0.4, -0.2) is 26.0 Å². The Balaban J connectivity index is 3.80. The lowest BCUT2D eigenvalue weighted by molar-refractivity contribution is -0.115. The number of carbonyl (C=O) groups excluding carboxylic acids is 1. The highest BCUT2D eigenvalue weighted by atomic mass is 16.5. The molecule has 0 heterocycles. The molecule has 11 heavy (non-hydrogen) atoms. The van der Waals surface area contributed by atoms with Crippen molar-refractivity contribution in [1.82, 2.24) is 0 Å². The largest absolute Gasteiger partial charge is 0.385 e. The van der Waals surface area contributed by atoms with Gasteiger partial charge in [-0.25, -0.2) is 0 Å². The van der Waals surface area contributed by atoms with E-state index < -0.39 is 5.41 Å². The molecule has 0 aromatic carbocycles. The fraction of sp³-hybridized carbons (Fsp3) is 0.875. The molecular formula is C8H17NO2. The van der Waals surface area contributed by atoms with E-state index >= 15 is 0 Å². The van der Waals surface area contributed by atoms with Crippen LogP contribution in [0.2, 0.25) is 0 Å². The second kappa shape index (κ2) is 4.46. The fourth-order valence-electron chi connectivity index (χ4n) is 0.704. The normalized spacial score (nSPS) is 14.5. The maximum absolute atomic E-state index is 10.5. The van der Waals surface area contributed by atoms with Crippen molar-refractivity contribution >= 4 is 6.29 Å². The van der Waals surface area contributed by atoms with Gasteiger partial charge in [0.05, 0.1) is 0 Å². The molecule has 0 amide bonds. The van der Waals surface area contributed by atoms with Crippen molar-refractivity contribution in [2.24, 2.45) is 11.1 Å². The molecule has 0 aliphatic rings. The molecule has 2 N–H and O–H groups in total. The molecular weight excluding hydrogens is 142 g/mol. The summed E-state index contributed by atoms with van der Waals surface area (Å²) in [5.74, 6) is 0. The monoisotopic (exact) mass is 159 g/mol. The van der Waals surface area contributed by atoms with Crippen molar-refractivity contribution in [3.8, 4) is 0 Å². The Bertz CT molecular complexity index is 123. The lowest BCUT2D eigenvalue weighted by Crippen LogP contribution is -2.39. The van der Waals surface area contributed by atoms with Crippen LogP contribution < -0.4 is 5.73 Å². The van der Waals surface area contributed by atoms with E-state index in [2.05, 4.69) is 0 Å². The molecule has 0 spiro atoms. The Morgan fingerprint density at radius 3 is 2.55 bits per heavy atom. The second-order valence-electron chi connectivity index (χ2n) is 3.33.